The van der Waals surface area contributed by atoms with Crippen molar-refractivity contribution in [3.05, 3.63) is 0 Å². The van der Waals surface area contributed by atoms with E-state index < -0.39 is 0 Å². The molecule has 0 unspecified atom stereocenters. The number of ether oxygens (including phenoxy) is 1. The molecular formula is C12H23NO2. The van der Waals surface area contributed by atoms with Gasteiger partial charge in [-0.1, -0.05) is 12.8 Å². The van der Waals surface area contributed by atoms with Crippen LogP contribution in [0.2, 0.25) is 0 Å². The van der Waals surface area contributed by atoms with Crippen LogP contribution < -0.4 is 5.32 Å². The van der Waals surface area contributed by atoms with E-state index in [1.165, 1.54) is 12.8 Å². The van der Waals surface area contributed by atoms with E-state index in [9.17, 15) is 4.79 Å². The summed E-state index contributed by atoms with van der Waals surface area (Å²) in [6, 6.07) is 0. The van der Waals surface area contributed by atoms with Crippen molar-refractivity contribution in [1.82, 2.24) is 5.32 Å². The molecule has 15 heavy (non-hydrogen) atoms. The molecule has 0 heterocycles. The van der Waals surface area contributed by atoms with Gasteiger partial charge in [0.05, 0.1) is 5.60 Å². The van der Waals surface area contributed by atoms with Crippen LogP contribution in [0.25, 0.3) is 0 Å². The average Bonchev–Trinajstić information content (AvgIpc) is 2.47. The average molecular weight is 213 g/mol. The minimum absolute atomic E-state index is 0.00863. The van der Waals surface area contributed by atoms with Crippen LogP contribution in [0.3, 0.4) is 0 Å². The molecule has 0 aromatic carbocycles. The van der Waals surface area contributed by atoms with Crippen LogP contribution >= 0.6 is 0 Å². The monoisotopic (exact) mass is 213 g/mol. The standard InChI is InChI=1S/C12H23NO2/c1-11(2,3)15-9-10(14)13-12(4)7-5-6-8-12/h5-9H2,1-4H3,(H,13,14). The first-order valence-electron chi connectivity index (χ1n) is 5.76. The van der Waals surface area contributed by atoms with Gasteiger partial charge in [0, 0.05) is 5.54 Å². The van der Waals surface area contributed by atoms with Crippen LogP contribution in [-0.2, 0) is 9.53 Å². The third-order valence-electron chi connectivity index (χ3n) is 2.78. The molecule has 0 aliphatic heterocycles. The lowest BCUT2D eigenvalue weighted by molar-refractivity contribution is -0.132. The molecule has 1 fully saturated rings. The molecule has 1 aliphatic rings. The molecule has 0 spiro atoms. The van der Waals surface area contributed by atoms with Crippen molar-refractivity contribution in [3.8, 4) is 0 Å². The predicted octanol–water partition coefficient (Wildman–Crippen LogP) is 2.25. The first-order chi connectivity index (χ1) is 6.81. The maximum Gasteiger partial charge on any atom is 0.246 e. The van der Waals surface area contributed by atoms with E-state index in [0.717, 1.165) is 12.8 Å². The van der Waals surface area contributed by atoms with Gasteiger partial charge in [-0.3, -0.25) is 4.79 Å². The Kier molecular flexibility index (Phi) is 3.77. The summed E-state index contributed by atoms with van der Waals surface area (Å²) < 4.78 is 5.43. The molecule has 0 saturated heterocycles. The zero-order valence-corrected chi connectivity index (χ0v) is 10.4. The van der Waals surface area contributed by atoms with Gasteiger partial charge in [0.1, 0.15) is 6.61 Å². The first-order valence-corrected chi connectivity index (χ1v) is 5.76. The Morgan fingerprint density at radius 2 is 1.87 bits per heavy atom. The molecule has 88 valence electrons. The Balaban J connectivity index is 2.30. The van der Waals surface area contributed by atoms with E-state index in [2.05, 4.69) is 12.2 Å². The van der Waals surface area contributed by atoms with Gasteiger partial charge in [-0.2, -0.15) is 0 Å². The topological polar surface area (TPSA) is 38.3 Å². The Morgan fingerprint density at radius 1 is 1.33 bits per heavy atom. The zero-order valence-electron chi connectivity index (χ0n) is 10.4. The zero-order chi connectivity index (χ0) is 11.5. The van der Waals surface area contributed by atoms with E-state index in [0.29, 0.717) is 0 Å². The largest absolute Gasteiger partial charge is 0.366 e. The van der Waals surface area contributed by atoms with E-state index in [-0.39, 0.29) is 23.7 Å². The summed E-state index contributed by atoms with van der Waals surface area (Å²) >= 11 is 0. The van der Waals surface area contributed by atoms with Crippen molar-refractivity contribution in [1.29, 1.82) is 0 Å². The van der Waals surface area contributed by atoms with Crippen molar-refractivity contribution < 1.29 is 9.53 Å². The van der Waals surface area contributed by atoms with Gasteiger partial charge in [0.25, 0.3) is 0 Å². The number of nitrogens with one attached hydrogen (secondary N) is 1. The molecule has 1 saturated carbocycles. The SMILES string of the molecule is CC1(NC(=O)COC(C)(C)C)CCCC1. The van der Waals surface area contributed by atoms with Crippen LogP contribution in [0.1, 0.15) is 53.4 Å². The number of amides is 1. The molecule has 0 radical (unpaired) electrons. The molecule has 0 atom stereocenters. The second-order valence-electron chi connectivity index (χ2n) is 5.72. The normalized spacial score (nSPS) is 20.3. The Hall–Kier alpha value is -0.570. The Bertz CT molecular complexity index is 224. The quantitative estimate of drug-likeness (QED) is 0.781. The molecule has 3 nitrogen and oxygen atoms in total. The summed E-state index contributed by atoms with van der Waals surface area (Å²) in [4.78, 5) is 11.6. The Morgan fingerprint density at radius 3 is 2.33 bits per heavy atom. The van der Waals surface area contributed by atoms with Crippen LogP contribution in [0, 0.1) is 0 Å². The van der Waals surface area contributed by atoms with Crippen LogP contribution in [0.4, 0.5) is 0 Å². The van der Waals surface area contributed by atoms with Crippen LogP contribution in [0.15, 0.2) is 0 Å². The summed E-state index contributed by atoms with van der Waals surface area (Å²) in [7, 11) is 0. The predicted molar refractivity (Wildman–Crippen MR) is 60.7 cm³/mol. The molecule has 0 bridgehead atoms. The van der Waals surface area contributed by atoms with Crippen molar-refractivity contribution >= 4 is 5.91 Å². The first kappa shape index (κ1) is 12.5. The van der Waals surface area contributed by atoms with Gasteiger partial charge in [-0.05, 0) is 40.5 Å². The second-order valence-corrected chi connectivity index (χ2v) is 5.72. The van der Waals surface area contributed by atoms with Gasteiger partial charge < -0.3 is 10.1 Å². The Labute approximate surface area is 92.6 Å². The van der Waals surface area contributed by atoms with Crippen molar-refractivity contribution in [2.75, 3.05) is 6.61 Å². The van der Waals surface area contributed by atoms with Gasteiger partial charge in [-0.25, -0.2) is 0 Å². The lowest BCUT2D eigenvalue weighted by Gasteiger charge is -2.26. The molecule has 1 aliphatic carbocycles. The third kappa shape index (κ3) is 4.65. The fraction of sp³-hybridized carbons (Fsp3) is 0.917. The summed E-state index contributed by atoms with van der Waals surface area (Å²) in [6.07, 6.45) is 4.62. The van der Waals surface area contributed by atoms with E-state index in [4.69, 9.17) is 4.74 Å². The molecule has 1 amide bonds. The van der Waals surface area contributed by atoms with E-state index in [1.54, 1.807) is 0 Å². The lowest BCUT2D eigenvalue weighted by Crippen LogP contribution is -2.46. The maximum absolute atomic E-state index is 11.6. The highest BCUT2D eigenvalue weighted by Gasteiger charge is 2.30. The molecule has 3 heteroatoms. The minimum Gasteiger partial charge on any atom is -0.366 e. The molecule has 1 N–H and O–H groups in total. The highest BCUT2D eigenvalue weighted by molar-refractivity contribution is 5.78. The molecular weight excluding hydrogens is 190 g/mol. The number of hydrogen-bond acceptors (Lipinski definition) is 2. The summed E-state index contributed by atoms with van der Waals surface area (Å²) in [5.41, 5.74) is -0.230. The lowest BCUT2D eigenvalue weighted by atomic mass is 10.0. The van der Waals surface area contributed by atoms with E-state index >= 15 is 0 Å². The maximum atomic E-state index is 11.6. The second kappa shape index (κ2) is 4.52. The van der Waals surface area contributed by atoms with E-state index in [1.807, 2.05) is 20.8 Å². The van der Waals surface area contributed by atoms with Gasteiger partial charge in [0.2, 0.25) is 5.91 Å². The number of carbonyl (C=O) groups is 1. The van der Waals surface area contributed by atoms with Crippen molar-refractivity contribution in [2.45, 2.75) is 64.5 Å². The van der Waals surface area contributed by atoms with Crippen molar-refractivity contribution in [2.24, 2.45) is 0 Å². The summed E-state index contributed by atoms with van der Waals surface area (Å²) in [5, 5.41) is 3.06. The van der Waals surface area contributed by atoms with Crippen molar-refractivity contribution in [3.63, 3.8) is 0 Å². The smallest absolute Gasteiger partial charge is 0.246 e. The fourth-order valence-electron chi connectivity index (χ4n) is 1.94. The van der Waals surface area contributed by atoms with Gasteiger partial charge >= 0.3 is 0 Å². The molecule has 1 rings (SSSR count). The number of carbonyl (C=O) groups excluding carboxylic acids is 1. The minimum atomic E-state index is -0.242. The summed E-state index contributed by atoms with van der Waals surface area (Å²) in [5.74, 6) is 0.00863. The van der Waals surface area contributed by atoms with Crippen LogP contribution in [-0.4, -0.2) is 23.7 Å². The molecule has 0 aromatic heterocycles. The number of hydrogen-bond donors (Lipinski definition) is 1. The van der Waals surface area contributed by atoms with Crippen LogP contribution in [0.5, 0.6) is 0 Å². The third-order valence-corrected chi connectivity index (χ3v) is 2.78. The fourth-order valence-corrected chi connectivity index (χ4v) is 1.94. The highest BCUT2D eigenvalue weighted by Crippen LogP contribution is 2.28. The summed E-state index contributed by atoms with van der Waals surface area (Å²) in [6.45, 7) is 8.15. The van der Waals surface area contributed by atoms with Gasteiger partial charge in [-0.15, -0.1) is 0 Å². The molecule has 0 aromatic rings. The van der Waals surface area contributed by atoms with Gasteiger partial charge in [0.15, 0.2) is 0 Å². The highest BCUT2D eigenvalue weighted by atomic mass is 16.5. The number of rotatable bonds is 3.